The Morgan fingerprint density at radius 2 is 1.94 bits per heavy atom. The normalized spacial score (nSPS) is 12.2. The van der Waals surface area contributed by atoms with Crippen LogP contribution in [-0.2, 0) is 10.0 Å². The van der Waals surface area contributed by atoms with Gasteiger partial charge in [-0.05, 0) is 53.9 Å². The van der Waals surface area contributed by atoms with Crippen LogP contribution in [0.15, 0.2) is 38.1 Å². The molecule has 1 aromatic rings. The Morgan fingerprint density at radius 3 is 2.56 bits per heavy atom. The molecule has 0 aliphatic carbocycles. The van der Waals surface area contributed by atoms with Crippen molar-refractivity contribution in [3.05, 3.63) is 38.8 Å². The van der Waals surface area contributed by atoms with E-state index in [-0.39, 0.29) is 4.90 Å². The van der Waals surface area contributed by atoms with Gasteiger partial charge in [-0.15, -0.1) is 0 Å². The molecule has 0 aliphatic heterocycles. The third kappa shape index (κ3) is 4.19. The van der Waals surface area contributed by atoms with Gasteiger partial charge in [0, 0.05) is 15.5 Å². The Balaban J connectivity index is 2.95. The summed E-state index contributed by atoms with van der Waals surface area (Å²) >= 11 is 6.63. The predicted molar refractivity (Wildman–Crippen MR) is 81.2 cm³/mol. The molecule has 0 spiro atoms. The molecule has 6 heteroatoms. The number of nitrogens with one attached hydrogen (secondary N) is 1. The maximum Gasteiger partial charge on any atom is 0.241 e. The first-order valence-electron chi connectivity index (χ1n) is 5.45. The van der Waals surface area contributed by atoms with Gasteiger partial charge in [0.2, 0.25) is 10.0 Å². The number of sulfonamides is 1. The fourth-order valence-corrected chi connectivity index (χ4v) is 4.08. The van der Waals surface area contributed by atoms with E-state index in [9.17, 15) is 8.42 Å². The second-order valence-electron chi connectivity index (χ2n) is 3.79. The molecular weight excluding hydrogens is 382 g/mol. The quantitative estimate of drug-likeness (QED) is 0.608. The predicted octanol–water partition coefficient (Wildman–Crippen LogP) is 3.76. The fraction of sp³-hybridized carbons (Fsp3) is 0.333. The van der Waals surface area contributed by atoms with Gasteiger partial charge in [-0.3, -0.25) is 0 Å². The summed E-state index contributed by atoms with van der Waals surface area (Å²) in [5, 5.41) is 0. The smallest absolute Gasteiger partial charge is 0.211 e. The van der Waals surface area contributed by atoms with E-state index >= 15 is 0 Å². The van der Waals surface area contributed by atoms with Crippen molar-refractivity contribution < 1.29 is 8.42 Å². The van der Waals surface area contributed by atoms with Crippen LogP contribution in [0.25, 0.3) is 0 Å². The van der Waals surface area contributed by atoms with Crippen LogP contribution in [-0.4, -0.2) is 15.0 Å². The van der Waals surface area contributed by atoms with Gasteiger partial charge in [-0.1, -0.05) is 28.1 Å². The van der Waals surface area contributed by atoms with Gasteiger partial charge in [0.15, 0.2) is 0 Å². The molecule has 18 heavy (non-hydrogen) atoms. The summed E-state index contributed by atoms with van der Waals surface area (Å²) < 4.78 is 28.1. The van der Waals surface area contributed by atoms with Crippen molar-refractivity contribution in [2.24, 2.45) is 0 Å². The standard InChI is InChI=1S/C12H15Br2NO2S/c1-3-4-5-6-15-18(16,17)12-8-10(13)9(2)7-11(12)14/h3-4,7-8,15H,5-6H2,1-2H3/b4-3+. The second kappa shape index (κ2) is 6.84. The number of hydrogen-bond acceptors (Lipinski definition) is 2. The summed E-state index contributed by atoms with van der Waals surface area (Å²) in [4.78, 5) is 0.250. The van der Waals surface area contributed by atoms with Crippen molar-refractivity contribution in [2.75, 3.05) is 6.54 Å². The number of allylic oxidation sites excluding steroid dienone is 1. The summed E-state index contributed by atoms with van der Waals surface area (Å²) in [6.07, 6.45) is 4.50. The minimum absolute atomic E-state index is 0.250. The highest BCUT2D eigenvalue weighted by atomic mass is 79.9. The minimum Gasteiger partial charge on any atom is -0.211 e. The van der Waals surface area contributed by atoms with Gasteiger partial charge in [0.05, 0.1) is 4.90 Å². The molecule has 1 rings (SSSR count). The highest BCUT2D eigenvalue weighted by Gasteiger charge is 2.18. The summed E-state index contributed by atoms with van der Waals surface area (Å²) in [5.41, 5.74) is 0.981. The van der Waals surface area contributed by atoms with Crippen molar-refractivity contribution in [3.63, 3.8) is 0 Å². The number of benzene rings is 1. The molecule has 3 nitrogen and oxygen atoms in total. The zero-order valence-electron chi connectivity index (χ0n) is 10.2. The Hall–Kier alpha value is -0.170. The fourth-order valence-electron chi connectivity index (χ4n) is 1.36. The lowest BCUT2D eigenvalue weighted by molar-refractivity contribution is 0.581. The lowest BCUT2D eigenvalue weighted by Crippen LogP contribution is -2.25. The lowest BCUT2D eigenvalue weighted by Gasteiger charge is -2.09. The van der Waals surface area contributed by atoms with Gasteiger partial charge >= 0.3 is 0 Å². The summed E-state index contributed by atoms with van der Waals surface area (Å²) in [7, 11) is -3.47. The van der Waals surface area contributed by atoms with Crippen LogP contribution in [0, 0.1) is 6.92 Å². The average Bonchev–Trinajstić information content (AvgIpc) is 2.29. The van der Waals surface area contributed by atoms with E-state index in [1.54, 1.807) is 12.1 Å². The van der Waals surface area contributed by atoms with E-state index in [0.717, 1.165) is 10.0 Å². The average molecular weight is 397 g/mol. The molecule has 0 atom stereocenters. The molecule has 0 unspecified atom stereocenters. The van der Waals surface area contributed by atoms with E-state index in [1.807, 2.05) is 26.0 Å². The van der Waals surface area contributed by atoms with Crippen molar-refractivity contribution in [2.45, 2.75) is 25.2 Å². The first-order chi connectivity index (χ1) is 8.38. The van der Waals surface area contributed by atoms with Crippen molar-refractivity contribution in [1.29, 1.82) is 0 Å². The molecule has 0 amide bonds. The SMILES string of the molecule is C/C=C/CCNS(=O)(=O)c1cc(Br)c(C)cc1Br. The molecule has 0 fully saturated rings. The van der Waals surface area contributed by atoms with E-state index in [2.05, 4.69) is 36.6 Å². The summed E-state index contributed by atoms with van der Waals surface area (Å²) in [6.45, 7) is 4.21. The van der Waals surface area contributed by atoms with Crippen molar-refractivity contribution in [1.82, 2.24) is 4.72 Å². The number of rotatable bonds is 5. The maximum atomic E-state index is 12.1. The van der Waals surface area contributed by atoms with E-state index in [4.69, 9.17) is 0 Å². The second-order valence-corrected chi connectivity index (χ2v) is 7.23. The van der Waals surface area contributed by atoms with Crippen LogP contribution in [0.1, 0.15) is 18.9 Å². The monoisotopic (exact) mass is 395 g/mol. The zero-order chi connectivity index (χ0) is 13.8. The molecular formula is C12H15Br2NO2S. The molecule has 0 radical (unpaired) electrons. The van der Waals surface area contributed by atoms with Crippen LogP contribution in [0.2, 0.25) is 0 Å². The van der Waals surface area contributed by atoms with E-state index in [1.165, 1.54) is 0 Å². The summed E-state index contributed by atoms with van der Waals surface area (Å²) in [6, 6.07) is 3.39. The van der Waals surface area contributed by atoms with Crippen LogP contribution in [0.3, 0.4) is 0 Å². The first kappa shape index (κ1) is 15.9. The van der Waals surface area contributed by atoms with Crippen LogP contribution in [0.5, 0.6) is 0 Å². The van der Waals surface area contributed by atoms with Crippen LogP contribution < -0.4 is 4.72 Å². The third-order valence-corrected chi connectivity index (χ3v) is 5.62. The topological polar surface area (TPSA) is 46.2 Å². The van der Waals surface area contributed by atoms with E-state index in [0.29, 0.717) is 17.4 Å². The first-order valence-corrected chi connectivity index (χ1v) is 8.52. The molecule has 1 aromatic carbocycles. The van der Waals surface area contributed by atoms with Gasteiger partial charge < -0.3 is 0 Å². The largest absolute Gasteiger partial charge is 0.241 e. The Labute approximate surface area is 125 Å². The Morgan fingerprint density at radius 1 is 1.28 bits per heavy atom. The molecule has 0 saturated carbocycles. The summed E-state index contributed by atoms with van der Waals surface area (Å²) in [5.74, 6) is 0. The molecule has 0 heterocycles. The van der Waals surface area contributed by atoms with Gasteiger partial charge in [0.25, 0.3) is 0 Å². The Bertz CT molecular complexity index is 553. The van der Waals surface area contributed by atoms with Crippen molar-refractivity contribution in [3.8, 4) is 0 Å². The lowest BCUT2D eigenvalue weighted by atomic mass is 10.2. The van der Waals surface area contributed by atoms with E-state index < -0.39 is 10.0 Å². The molecule has 0 aromatic heterocycles. The molecule has 1 N–H and O–H groups in total. The highest BCUT2D eigenvalue weighted by molar-refractivity contribution is 9.11. The Kier molecular flexibility index (Phi) is 6.04. The van der Waals surface area contributed by atoms with Gasteiger partial charge in [-0.25, -0.2) is 13.1 Å². The van der Waals surface area contributed by atoms with Gasteiger partial charge in [-0.2, -0.15) is 0 Å². The molecule has 0 aliphatic rings. The number of aryl methyl sites for hydroxylation is 1. The van der Waals surface area contributed by atoms with Crippen LogP contribution in [0.4, 0.5) is 0 Å². The minimum atomic E-state index is -3.47. The van der Waals surface area contributed by atoms with Crippen LogP contribution >= 0.6 is 31.9 Å². The number of halogens is 2. The third-order valence-electron chi connectivity index (χ3n) is 2.34. The number of hydrogen-bond donors (Lipinski definition) is 1. The van der Waals surface area contributed by atoms with Crippen molar-refractivity contribution >= 4 is 41.9 Å². The molecule has 100 valence electrons. The zero-order valence-corrected chi connectivity index (χ0v) is 14.2. The molecule has 0 bridgehead atoms. The van der Waals surface area contributed by atoms with Gasteiger partial charge in [0.1, 0.15) is 0 Å². The highest BCUT2D eigenvalue weighted by Crippen LogP contribution is 2.28. The maximum absolute atomic E-state index is 12.1. The molecule has 0 saturated heterocycles.